The minimum atomic E-state index is -1.20. The molecular weight excluding hydrogens is 394 g/mol. The summed E-state index contributed by atoms with van der Waals surface area (Å²) >= 11 is 7.50. The molecule has 148 valence electrons. The van der Waals surface area contributed by atoms with Crippen LogP contribution < -0.4 is 16.0 Å². The van der Waals surface area contributed by atoms with Crippen LogP contribution in [0.5, 0.6) is 0 Å². The number of halogens is 1. The van der Waals surface area contributed by atoms with Gasteiger partial charge in [0.05, 0.1) is 10.6 Å². The second-order valence-electron chi connectivity index (χ2n) is 5.43. The lowest BCUT2D eigenvalue weighted by molar-refractivity contribution is -0.156. The molecule has 8 nitrogen and oxygen atoms in total. The molecule has 2 atom stereocenters. The average Bonchev–Trinajstić information content (AvgIpc) is 2.64. The van der Waals surface area contributed by atoms with Crippen LogP contribution in [0.15, 0.2) is 24.3 Å². The topological polar surface area (TPSA) is 114 Å². The molecule has 27 heavy (non-hydrogen) atoms. The number of carbonyl (C=O) groups excluding carboxylic acids is 4. The Balaban J connectivity index is 2.78. The Morgan fingerprint density at radius 2 is 1.89 bits per heavy atom. The first-order valence-corrected chi connectivity index (χ1v) is 9.84. The van der Waals surface area contributed by atoms with Crippen LogP contribution in [0.1, 0.15) is 23.7 Å². The van der Waals surface area contributed by atoms with Crippen LogP contribution in [0.2, 0.25) is 5.02 Å². The smallest absolute Gasteiger partial charge is 0.329 e. The molecule has 0 aliphatic carbocycles. The molecule has 1 aromatic rings. The van der Waals surface area contributed by atoms with E-state index < -0.39 is 36.0 Å². The number of thioether (sulfide) groups is 1. The van der Waals surface area contributed by atoms with Crippen molar-refractivity contribution in [1.82, 2.24) is 16.0 Å². The van der Waals surface area contributed by atoms with Gasteiger partial charge in [-0.15, -0.1) is 0 Å². The molecule has 1 aromatic carbocycles. The Labute approximate surface area is 166 Å². The third kappa shape index (κ3) is 7.48. The molecule has 0 aliphatic rings. The van der Waals surface area contributed by atoms with Gasteiger partial charge in [-0.3, -0.25) is 14.9 Å². The SMILES string of the molecule is CNC(=O)NC(=O)[C@H](C)OC(=O)[C@@H](CCSC)NC(=O)c1ccccc1Cl. The molecule has 0 aliphatic heterocycles. The van der Waals surface area contributed by atoms with Crippen LogP contribution in [-0.4, -0.2) is 55.0 Å². The molecule has 10 heteroatoms. The van der Waals surface area contributed by atoms with E-state index in [0.29, 0.717) is 12.2 Å². The number of benzene rings is 1. The molecule has 0 saturated heterocycles. The van der Waals surface area contributed by atoms with E-state index in [1.807, 2.05) is 11.6 Å². The maximum Gasteiger partial charge on any atom is 0.329 e. The van der Waals surface area contributed by atoms with Crippen molar-refractivity contribution in [3.63, 3.8) is 0 Å². The first kappa shape index (κ1) is 22.8. The zero-order chi connectivity index (χ0) is 20.4. The maximum absolute atomic E-state index is 12.4. The summed E-state index contributed by atoms with van der Waals surface area (Å²) in [6.45, 7) is 1.33. The standard InChI is InChI=1S/C17H22ClN3O5S/c1-10(14(22)21-17(25)19-2)26-16(24)13(8-9-27-3)20-15(23)11-6-4-5-7-12(11)18/h4-7,10,13H,8-9H2,1-3H3,(H,20,23)(H2,19,21,22,25)/t10-,13+/m0/s1. The number of hydrogen-bond donors (Lipinski definition) is 3. The van der Waals surface area contributed by atoms with Crippen molar-refractivity contribution in [1.29, 1.82) is 0 Å². The number of imide groups is 1. The largest absolute Gasteiger partial charge is 0.451 e. The van der Waals surface area contributed by atoms with Crippen LogP contribution in [0.3, 0.4) is 0 Å². The van der Waals surface area contributed by atoms with Crippen molar-refractivity contribution >= 4 is 47.2 Å². The molecule has 0 unspecified atom stereocenters. The number of esters is 1. The Kier molecular flexibility index (Phi) is 9.66. The van der Waals surface area contributed by atoms with Gasteiger partial charge in [0, 0.05) is 7.05 Å². The number of urea groups is 1. The highest BCUT2D eigenvalue weighted by Gasteiger charge is 2.27. The van der Waals surface area contributed by atoms with E-state index >= 15 is 0 Å². The van der Waals surface area contributed by atoms with Gasteiger partial charge in [-0.05, 0) is 37.5 Å². The van der Waals surface area contributed by atoms with E-state index in [4.69, 9.17) is 16.3 Å². The molecule has 1 rings (SSSR count). The highest BCUT2D eigenvalue weighted by molar-refractivity contribution is 7.98. The van der Waals surface area contributed by atoms with E-state index in [-0.39, 0.29) is 10.6 Å². The third-order valence-corrected chi connectivity index (χ3v) is 4.42. The van der Waals surface area contributed by atoms with Gasteiger partial charge < -0.3 is 15.4 Å². The van der Waals surface area contributed by atoms with Gasteiger partial charge >= 0.3 is 12.0 Å². The fraction of sp³-hybridized carbons (Fsp3) is 0.412. The third-order valence-electron chi connectivity index (χ3n) is 3.44. The Bertz CT molecular complexity index is 701. The zero-order valence-electron chi connectivity index (χ0n) is 15.2. The molecule has 0 aromatic heterocycles. The first-order chi connectivity index (χ1) is 12.8. The highest BCUT2D eigenvalue weighted by atomic mass is 35.5. The van der Waals surface area contributed by atoms with Crippen LogP contribution in [0.25, 0.3) is 0 Å². The number of rotatable bonds is 8. The lowest BCUT2D eigenvalue weighted by atomic mass is 10.1. The van der Waals surface area contributed by atoms with Crippen molar-refractivity contribution in [3.05, 3.63) is 34.9 Å². The van der Waals surface area contributed by atoms with E-state index in [2.05, 4.69) is 10.6 Å². The average molecular weight is 416 g/mol. The van der Waals surface area contributed by atoms with Crippen LogP contribution in [-0.2, 0) is 14.3 Å². The summed E-state index contributed by atoms with van der Waals surface area (Å²) in [6.07, 6.45) is 0.960. The number of amides is 4. The summed E-state index contributed by atoms with van der Waals surface area (Å²) in [7, 11) is 1.35. The normalized spacial score (nSPS) is 12.4. The highest BCUT2D eigenvalue weighted by Crippen LogP contribution is 2.15. The molecule has 0 spiro atoms. The minimum absolute atomic E-state index is 0.228. The molecular formula is C17H22ClN3O5S. The first-order valence-electron chi connectivity index (χ1n) is 8.07. The minimum Gasteiger partial charge on any atom is -0.451 e. The summed E-state index contributed by atoms with van der Waals surface area (Å²) in [6, 6.07) is 4.77. The molecule has 3 N–H and O–H groups in total. The summed E-state index contributed by atoms with van der Waals surface area (Å²) in [5.74, 6) is -1.49. The Morgan fingerprint density at radius 1 is 1.22 bits per heavy atom. The molecule has 0 fully saturated rings. The van der Waals surface area contributed by atoms with Gasteiger partial charge in [0.25, 0.3) is 11.8 Å². The fourth-order valence-electron chi connectivity index (χ4n) is 1.95. The Morgan fingerprint density at radius 3 is 2.48 bits per heavy atom. The van der Waals surface area contributed by atoms with E-state index in [9.17, 15) is 19.2 Å². The van der Waals surface area contributed by atoms with Crippen LogP contribution in [0, 0.1) is 0 Å². The monoisotopic (exact) mass is 415 g/mol. The number of carbonyl (C=O) groups is 4. The summed E-state index contributed by atoms with van der Waals surface area (Å²) in [4.78, 5) is 47.8. The van der Waals surface area contributed by atoms with E-state index in [1.54, 1.807) is 18.2 Å². The molecule has 0 saturated carbocycles. The number of hydrogen-bond acceptors (Lipinski definition) is 6. The zero-order valence-corrected chi connectivity index (χ0v) is 16.8. The van der Waals surface area contributed by atoms with Gasteiger partial charge in [-0.25, -0.2) is 9.59 Å². The quantitative estimate of drug-likeness (QED) is 0.555. The van der Waals surface area contributed by atoms with Gasteiger partial charge in [-0.1, -0.05) is 23.7 Å². The van der Waals surface area contributed by atoms with Gasteiger partial charge in [-0.2, -0.15) is 11.8 Å². The van der Waals surface area contributed by atoms with Crippen molar-refractivity contribution in [2.45, 2.75) is 25.5 Å². The predicted molar refractivity (Wildman–Crippen MR) is 104 cm³/mol. The molecule has 0 heterocycles. The van der Waals surface area contributed by atoms with Gasteiger partial charge in [0.15, 0.2) is 6.10 Å². The maximum atomic E-state index is 12.4. The van der Waals surface area contributed by atoms with Crippen molar-refractivity contribution < 1.29 is 23.9 Å². The summed E-state index contributed by atoms with van der Waals surface area (Å²) in [5, 5.41) is 7.07. The van der Waals surface area contributed by atoms with E-state index in [0.717, 1.165) is 0 Å². The van der Waals surface area contributed by atoms with Crippen molar-refractivity contribution in [2.75, 3.05) is 19.1 Å². The van der Waals surface area contributed by atoms with Crippen molar-refractivity contribution in [3.8, 4) is 0 Å². The van der Waals surface area contributed by atoms with Crippen molar-refractivity contribution in [2.24, 2.45) is 0 Å². The second-order valence-corrected chi connectivity index (χ2v) is 6.83. The number of nitrogens with one attached hydrogen (secondary N) is 3. The van der Waals surface area contributed by atoms with Crippen LogP contribution >= 0.6 is 23.4 Å². The second kappa shape index (κ2) is 11.5. The molecule has 4 amide bonds. The van der Waals surface area contributed by atoms with E-state index in [1.165, 1.54) is 31.8 Å². The predicted octanol–water partition coefficient (Wildman–Crippen LogP) is 1.58. The molecule has 0 bridgehead atoms. The fourth-order valence-corrected chi connectivity index (χ4v) is 2.64. The number of ether oxygens (including phenoxy) is 1. The lowest BCUT2D eigenvalue weighted by Crippen LogP contribution is -2.47. The summed E-state index contributed by atoms with van der Waals surface area (Å²) < 4.78 is 5.10. The summed E-state index contributed by atoms with van der Waals surface area (Å²) in [5.41, 5.74) is 0.228. The van der Waals surface area contributed by atoms with Gasteiger partial charge in [0.2, 0.25) is 0 Å². The van der Waals surface area contributed by atoms with Crippen LogP contribution in [0.4, 0.5) is 4.79 Å². The Hall–Kier alpha value is -2.26. The van der Waals surface area contributed by atoms with Gasteiger partial charge in [0.1, 0.15) is 6.04 Å². The lowest BCUT2D eigenvalue weighted by Gasteiger charge is -2.20. The molecule has 0 radical (unpaired) electrons.